The molecule has 1 atom stereocenters. The lowest BCUT2D eigenvalue weighted by Crippen LogP contribution is -2.01. The molecule has 2 rings (SSSR count). The molecule has 0 radical (unpaired) electrons. The molecule has 17 heavy (non-hydrogen) atoms. The minimum Gasteiger partial charge on any atom is -0.384 e. The largest absolute Gasteiger partial charge is 0.384 e. The van der Waals surface area contributed by atoms with E-state index in [4.69, 9.17) is 11.6 Å². The van der Waals surface area contributed by atoms with E-state index in [-0.39, 0.29) is 0 Å². The number of halogens is 2. The lowest BCUT2D eigenvalue weighted by molar-refractivity contribution is 0.219. The predicted molar refractivity (Wildman–Crippen MR) is 74.4 cm³/mol. The summed E-state index contributed by atoms with van der Waals surface area (Å²) in [6.07, 6.45) is -0.637. The van der Waals surface area contributed by atoms with Gasteiger partial charge in [0.2, 0.25) is 0 Å². The summed E-state index contributed by atoms with van der Waals surface area (Å²) in [5.74, 6) is 0. The van der Waals surface area contributed by atoms with Crippen molar-refractivity contribution in [3.05, 3.63) is 68.7 Å². The van der Waals surface area contributed by atoms with Crippen LogP contribution >= 0.6 is 27.5 Å². The van der Waals surface area contributed by atoms with Gasteiger partial charge >= 0.3 is 0 Å². The zero-order valence-corrected chi connectivity index (χ0v) is 11.7. The fourth-order valence-corrected chi connectivity index (χ4v) is 2.19. The van der Waals surface area contributed by atoms with Crippen LogP contribution in [0.2, 0.25) is 5.02 Å². The normalized spacial score (nSPS) is 12.5. The topological polar surface area (TPSA) is 20.2 Å². The highest BCUT2D eigenvalue weighted by Crippen LogP contribution is 2.30. The Kier molecular flexibility index (Phi) is 3.87. The minimum absolute atomic E-state index is 0.607. The third kappa shape index (κ3) is 2.71. The Labute approximate surface area is 114 Å². The SMILES string of the molecule is Cc1ccccc1C(O)c1ccc(Br)c(Cl)c1. The van der Waals surface area contributed by atoms with Crippen LogP contribution in [0.1, 0.15) is 22.8 Å². The maximum Gasteiger partial charge on any atom is 0.104 e. The van der Waals surface area contributed by atoms with E-state index in [1.165, 1.54) is 0 Å². The van der Waals surface area contributed by atoms with Gasteiger partial charge < -0.3 is 5.11 Å². The summed E-state index contributed by atoms with van der Waals surface area (Å²) in [7, 11) is 0. The molecular weight excluding hydrogens is 300 g/mol. The van der Waals surface area contributed by atoms with Crippen LogP contribution in [0.15, 0.2) is 46.9 Å². The summed E-state index contributed by atoms with van der Waals surface area (Å²) in [6, 6.07) is 13.3. The number of benzene rings is 2. The van der Waals surface area contributed by atoms with Crippen molar-refractivity contribution in [3.8, 4) is 0 Å². The third-order valence-corrected chi connectivity index (χ3v) is 3.97. The predicted octanol–water partition coefficient (Wildman–Crippen LogP) is 4.49. The molecule has 1 N–H and O–H groups in total. The van der Waals surface area contributed by atoms with Gasteiger partial charge in [-0.25, -0.2) is 0 Å². The molecule has 0 saturated heterocycles. The van der Waals surface area contributed by atoms with E-state index >= 15 is 0 Å². The second-order valence-corrected chi connectivity index (χ2v) is 5.19. The number of rotatable bonds is 2. The van der Waals surface area contributed by atoms with Crippen molar-refractivity contribution in [2.75, 3.05) is 0 Å². The monoisotopic (exact) mass is 310 g/mol. The molecule has 0 spiro atoms. The summed E-state index contributed by atoms with van der Waals surface area (Å²) < 4.78 is 0.833. The van der Waals surface area contributed by atoms with Crippen LogP contribution in [-0.2, 0) is 0 Å². The summed E-state index contributed by atoms with van der Waals surface area (Å²) in [5, 5.41) is 10.9. The highest BCUT2D eigenvalue weighted by molar-refractivity contribution is 9.10. The lowest BCUT2D eigenvalue weighted by atomic mass is 9.98. The Morgan fingerprint density at radius 2 is 1.88 bits per heavy atom. The molecule has 0 aliphatic carbocycles. The Morgan fingerprint density at radius 3 is 2.53 bits per heavy atom. The zero-order chi connectivity index (χ0) is 12.4. The fourth-order valence-electron chi connectivity index (χ4n) is 1.76. The Balaban J connectivity index is 2.40. The second-order valence-electron chi connectivity index (χ2n) is 3.93. The molecule has 0 bridgehead atoms. The molecule has 2 aromatic carbocycles. The van der Waals surface area contributed by atoms with Crippen molar-refractivity contribution in [2.24, 2.45) is 0 Å². The van der Waals surface area contributed by atoms with Crippen LogP contribution in [0.3, 0.4) is 0 Å². The molecular formula is C14H12BrClO. The van der Waals surface area contributed by atoms with Gasteiger partial charge in [0, 0.05) is 4.47 Å². The van der Waals surface area contributed by atoms with Crippen molar-refractivity contribution < 1.29 is 5.11 Å². The highest BCUT2D eigenvalue weighted by atomic mass is 79.9. The average molecular weight is 312 g/mol. The van der Waals surface area contributed by atoms with Crippen molar-refractivity contribution in [1.82, 2.24) is 0 Å². The van der Waals surface area contributed by atoms with Crippen LogP contribution in [0, 0.1) is 6.92 Å². The van der Waals surface area contributed by atoms with E-state index in [0.717, 1.165) is 21.2 Å². The molecule has 0 amide bonds. The first kappa shape index (κ1) is 12.6. The van der Waals surface area contributed by atoms with Crippen LogP contribution in [-0.4, -0.2) is 5.11 Å². The highest BCUT2D eigenvalue weighted by Gasteiger charge is 2.13. The maximum absolute atomic E-state index is 10.3. The molecule has 3 heteroatoms. The van der Waals surface area contributed by atoms with Gasteiger partial charge in [-0.2, -0.15) is 0 Å². The van der Waals surface area contributed by atoms with Gasteiger partial charge in [0.05, 0.1) is 5.02 Å². The van der Waals surface area contributed by atoms with E-state index in [9.17, 15) is 5.11 Å². The quantitative estimate of drug-likeness (QED) is 0.866. The van der Waals surface area contributed by atoms with Gasteiger partial charge in [-0.05, 0) is 51.7 Å². The molecule has 0 aliphatic rings. The zero-order valence-electron chi connectivity index (χ0n) is 9.32. The minimum atomic E-state index is -0.637. The first-order chi connectivity index (χ1) is 8.09. The Hall–Kier alpha value is -0.830. The third-order valence-electron chi connectivity index (χ3n) is 2.74. The summed E-state index contributed by atoms with van der Waals surface area (Å²) >= 11 is 9.36. The molecule has 0 aliphatic heterocycles. The van der Waals surface area contributed by atoms with Crippen LogP contribution < -0.4 is 0 Å². The number of aryl methyl sites for hydroxylation is 1. The maximum atomic E-state index is 10.3. The summed E-state index contributed by atoms with van der Waals surface area (Å²) in [5.41, 5.74) is 2.78. The fraction of sp³-hybridized carbons (Fsp3) is 0.143. The smallest absolute Gasteiger partial charge is 0.104 e. The van der Waals surface area contributed by atoms with E-state index < -0.39 is 6.10 Å². The summed E-state index contributed by atoms with van der Waals surface area (Å²) in [4.78, 5) is 0. The molecule has 88 valence electrons. The van der Waals surface area contributed by atoms with Crippen molar-refractivity contribution >= 4 is 27.5 Å². The van der Waals surface area contributed by atoms with Crippen LogP contribution in [0.4, 0.5) is 0 Å². The van der Waals surface area contributed by atoms with E-state index in [1.54, 1.807) is 6.07 Å². The molecule has 1 nitrogen and oxygen atoms in total. The average Bonchev–Trinajstić information content (AvgIpc) is 2.32. The van der Waals surface area contributed by atoms with E-state index in [2.05, 4.69) is 15.9 Å². The van der Waals surface area contributed by atoms with Crippen molar-refractivity contribution in [3.63, 3.8) is 0 Å². The van der Waals surface area contributed by atoms with Gasteiger partial charge in [-0.15, -0.1) is 0 Å². The molecule has 0 aromatic heterocycles. The van der Waals surface area contributed by atoms with Gasteiger partial charge in [0.15, 0.2) is 0 Å². The van der Waals surface area contributed by atoms with E-state index in [1.807, 2.05) is 43.3 Å². The number of hydrogen-bond acceptors (Lipinski definition) is 1. The molecule has 0 heterocycles. The summed E-state index contributed by atoms with van der Waals surface area (Å²) in [6.45, 7) is 1.99. The molecule has 1 unspecified atom stereocenters. The number of aliphatic hydroxyl groups excluding tert-OH is 1. The number of hydrogen-bond donors (Lipinski definition) is 1. The first-order valence-electron chi connectivity index (χ1n) is 5.28. The Morgan fingerprint density at radius 1 is 1.18 bits per heavy atom. The molecule has 0 saturated carbocycles. The Bertz CT molecular complexity index is 539. The lowest BCUT2D eigenvalue weighted by Gasteiger charge is -2.14. The van der Waals surface area contributed by atoms with Crippen LogP contribution in [0.5, 0.6) is 0 Å². The number of aliphatic hydroxyl groups is 1. The first-order valence-corrected chi connectivity index (χ1v) is 6.45. The molecule has 0 fully saturated rings. The van der Waals surface area contributed by atoms with Crippen molar-refractivity contribution in [2.45, 2.75) is 13.0 Å². The second kappa shape index (κ2) is 5.21. The van der Waals surface area contributed by atoms with Gasteiger partial charge in [0.1, 0.15) is 6.10 Å². The van der Waals surface area contributed by atoms with Crippen LogP contribution in [0.25, 0.3) is 0 Å². The van der Waals surface area contributed by atoms with E-state index in [0.29, 0.717) is 5.02 Å². The van der Waals surface area contributed by atoms with Crippen molar-refractivity contribution in [1.29, 1.82) is 0 Å². The standard InChI is InChI=1S/C14H12BrClO/c1-9-4-2-3-5-11(9)14(17)10-6-7-12(15)13(16)8-10/h2-8,14,17H,1H3. The van der Waals surface area contributed by atoms with Gasteiger partial charge in [-0.1, -0.05) is 41.9 Å². The van der Waals surface area contributed by atoms with Gasteiger partial charge in [-0.3, -0.25) is 0 Å². The molecule has 2 aromatic rings. The van der Waals surface area contributed by atoms with Gasteiger partial charge in [0.25, 0.3) is 0 Å².